The zero-order valence-corrected chi connectivity index (χ0v) is 19.2. The van der Waals surface area contributed by atoms with Gasteiger partial charge in [-0.15, -0.1) is 0 Å². The molecule has 0 unspecified atom stereocenters. The fraction of sp³-hybridized carbons (Fsp3) is 0.148. The van der Waals surface area contributed by atoms with Crippen LogP contribution in [0.2, 0.25) is 0 Å². The van der Waals surface area contributed by atoms with Crippen molar-refractivity contribution in [3.63, 3.8) is 0 Å². The Hall–Kier alpha value is -4.57. The molecule has 0 radical (unpaired) electrons. The average molecular weight is 456 g/mol. The quantitative estimate of drug-likeness (QED) is 0.373. The lowest BCUT2D eigenvalue weighted by atomic mass is 10.1. The minimum Gasteiger partial charge on any atom is -0.497 e. The van der Waals surface area contributed by atoms with Gasteiger partial charge in [0.15, 0.2) is 6.61 Å². The second-order valence-electron chi connectivity index (χ2n) is 7.58. The van der Waals surface area contributed by atoms with Gasteiger partial charge in [-0.2, -0.15) is 5.26 Å². The molecule has 2 N–H and O–H groups in total. The van der Waals surface area contributed by atoms with Gasteiger partial charge in [0.05, 0.1) is 7.11 Å². The maximum atomic E-state index is 12.4. The summed E-state index contributed by atoms with van der Waals surface area (Å²) in [6.07, 6.45) is 1.48. The number of benzene rings is 3. The van der Waals surface area contributed by atoms with Crippen LogP contribution in [0.25, 0.3) is 6.08 Å². The Balaban J connectivity index is 1.57. The number of amides is 2. The highest BCUT2D eigenvalue weighted by Crippen LogP contribution is 2.19. The van der Waals surface area contributed by atoms with Crippen molar-refractivity contribution in [2.24, 2.45) is 0 Å². The van der Waals surface area contributed by atoms with E-state index in [2.05, 4.69) is 10.6 Å². The van der Waals surface area contributed by atoms with Crippen LogP contribution in [-0.2, 0) is 9.59 Å². The van der Waals surface area contributed by atoms with Gasteiger partial charge in [0.1, 0.15) is 23.1 Å². The molecule has 0 aromatic heterocycles. The van der Waals surface area contributed by atoms with Gasteiger partial charge in [0.25, 0.3) is 11.8 Å². The maximum Gasteiger partial charge on any atom is 0.266 e. The number of aryl methyl sites for hydroxylation is 2. The molecule has 0 fully saturated rings. The molecule has 0 aliphatic carbocycles. The van der Waals surface area contributed by atoms with Crippen molar-refractivity contribution >= 4 is 29.3 Å². The normalized spacial score (nSPS) is 10.7. The fourth-order valence-electron chi connectivity index (χ4n) is 3.05. The first-order chi connectivity index (χ1) is 16.4. The highest BCUT2D eigenvalue weighted by molar-refractivity contribution is 6.09. The van der Waals surface area contributed by atoms with Gasteiger partial charge in [-0.05, 0) is 79.1 Å². The molecule has 0 spiro atoms. The van der Waals surface area contributed by atoms with Crippen molar-refractivity contribution in [1.82, 2.24) is 0 Å². The number of carbonyl (C=O) groups excluding carboxylic acids is 2. The van der Waals surface area contributed by atoms with Crippen molar-refractivity contribution in [2.75, 3.05) is 24.4 Å². The molecule has 34 heavy (non-hydrogen) atoms. The van der Waals surface area contributed by atoms with Gasteiger partial charge in [-0.1, -0.05) is 24.3 Å². The monoisotopic (exact) mass is 455 g/mol. The first kappa shape index (κ1) is 24.1. The summed E-state index contributed by atoms with van der Waals surface area (Å²) in [5, 5.41) is 14.9. The van der Waals surface area contributed by atoms with Crippen LogP contribution in [0.5, 0.6) is 11.5 Å². The van der Waals surface area contributed by atoms with Gasteiger partial charge in [-0.25, -0.2) is 0 Å². The summed E-state index contributed by atoms with van der Waals surface area (Å²) in [5.41, 5.74) is 3.94. The molecule has 7 nitrogen and oxygen atoms in total. The Morgan fingerprint density at radius 2 is 1.62 bits per heavy atom. The molecular formula is C27H25N3O4. The van der Waals surface area contributed by atoms with Gasteiger partial charge >= 0.3 is 0 Å². The molecule has 7 heteroatoms. The van der Waals surface area contributed by atoms with Crippen LogP contribution in [0.1, 0.15) is 16.7 Å². The van der Waals surface area contributed by atoms with Gasteiger partial charge in [-0.3, -0.25) is 9.59 Å². The Morgan fingerprint density at radius 3 is 2.26 bits per heavy atom. The number of anilines is 2. The van der Waals surface area contributed by atoms with E-state index in [-0.39, 0.29) is 18.1 Å². The van der Waals surface area contributed by atoms with Gasteiger partial charge in [0.2, 0.25) is 0 Å². The first-order valence-corrected chi connectivity index (χ1v) is 10.5. The van der Waals surface area contributed by atoms with Crippen LogP contribution in [0.3, 0.4) is 0 Å². The lowest BCUT2D eigenvalue weighted by molar-refractivity contribution is -0.118. The number of nitrogens with zero attached hydrogens (tertiary/aromatic N) is 1. The van der Waals surface area contributed by atoms with E-state index in [0.717, 1.165) is 16.8 Å². The van der Waals surface area contributed by atoms with E-state index in [0.29, 0.717) is 22.7 Å². The predicted molar refractivity (Wildman–Crippen MR) is 132 cm³/mol. The first-order valence-electron chi connectivity index (χ1n) is 10.5. The molecule has 172 valence electrons. The molecule has 2 amide bonds. The second-order valence-corrected chi connectivity index (χ2v) is 7.58. The van der Waals surface area contributed by atoms with Gasteiger partial charge in [0, 0.05) is 11.4 Å². The molecule has 0 aliphatic rings. The zero-order valence-electron chi connectivity index (χ0n) is 19.2. The number of nitriles is 1. The standard InChI is InChI=1S/C27H25N3O4/c1-18-4-5-19(2)25(14-18)30-26(31)17-34-24-10-6-20(7-11-24)15-21(16-28)27(32)29-22-8-12-23(33-3)13-9-22/h4-15H,17H2,1-3H3,(H,29,32)(H,30,31)/b21-15-. The minimum absolute atomic E-state index is 0.0441. The lowest BCUT2D eigenvalue weighted by Crippen LogP contribution is -2.20. The number of carbonyl (C=O) groups is 2. The van der Waals surface area contributed by atoms with E-state index in [4.69, 9.17) is 9.47 Å². The smallest absolute Gasteiger partial charge is 0.266 e. The topological polar surface area (TPSA) is 100 Å². The molecule has 0 atom stereocenters. The highest BCUT2D eigenvalue weighted by atomic mass is 16.5. The molecule has 0 aliphatic heterocycles. The van der Waals surface area contributed by atoms with Crippen molar-refractivity contribution < 1.29 is 19.1 Å². The average Bonchev–Trinajstić information content (AvgIpc) is 2.84. The van der Waals surface area contributed by atoms with Crippen molar-refractivity contribution in [1.29, 1.82) is 5.26 Å². The van der Waals surface area contributed by atoms with E-state index < -0.39 is 5.91 Å². The third kappa shape index (κ3) is 6.71. The Morgan fingerprint density at radius 1 is 0.941 bits per heavy atom. The third-order valence-corrected chi connectivity index (χ3v) is 4.94. The number of methoxy groups -OCH3 is 1. The van der Waals surface area contributed by atoms with Crippen LogP contribution >= 0.6 is 0 Å². The van der Waals surface area contributed by atoms with Gasteiger partial charge < -0.3 is 20.1 Å². The molecule has 0 saturated heterocycles. The van der Waals surface area contributed by atoms with Crippen molar-refractivity contribution in [3.05, 3.63) is 89.0 Å². The summed E-state index contributed by atoms with van der Waals surface area (Å²) in [6, 6.07) is 21.3. The Labute approximate surface area is 198 Å². The summed E-state index contributed by atoms with van der Waals surface area (Å²) in [6.45, 7) is 3.74. The zero-order chi connectivity index (χ0) is 24.5. The largest absolute Gasteiger partial charge is 0.497 e. The molecule has 3 rings (SSSR count). The number of ether oxygens (including phenoxy) is 2. The summed E-state index contributed by atoms with van der Waals surface area (Å²) >= 11 is 0. The van der Waals surface area contributed by atoms with Crippen molar-refractivity contribution in [2.45, 2.75) is 13.8 Å². The third-order valence-electron chi connectivity index (χ3n) is 4.94. The van der Waals surface area contributed by atoms with E-state index in [1.807, 2.05) is 38.1 Å². The molecule has 3 aromatic carbocycles. The second kappa shape index (κ2) is 11.3. The number of hydrogen-bond donors (Lipinski definition) is 2. The number of hydrogen-bond acceptors (Lipinski definition) is 5. The highest BCUT2D eigenvalue weighted by Gasteiger charge is 2.10. The number of nitrogens with one attached hydrogen (secondary N) is 2. The summed E-state index contributed by atoms with van der Waals surface area (Å²) in [7, 11) is 1.56. The van der Waals surface area contributed by atoms with E-state index in [1.54, 1.807) is 55.6 Å². The Bertz CT molecular complexity index is 1240. The number of rotatable bonds is 8. The van der Waals surface area contributed by atoms with E-state index in [1.165, 1.54) is 6.08 Å². The van der Waals surface area contributed by atoms with Crippen LogP contribution < -0.4 is 20.1 Å². The summed E-state index contributed by atoms with van der Waals surface area (Å²) < 4.78 is 10.6. The predicted octanol–water partition coefficient (Wildman–Crippen LogP) is 4.88. The minimum atomic E-state index is -0.517. The van der Waals surface area contributed by atoms with Crippen LogP contribution in [0.4, 0.5) is 11.4 Å². The van der Waals surface area contributed by atoms with E-state index in [9.17, 15) is 14.9 Å². The van der Waals surface area contributed by atoms with E-state index >= 15 is 0 Å². The Kier molecular flexibility index (Phi) is 8.03. The van der Waals surface area contributed by atoms with Crippen LogP contribution in [0, 0.1) is 25.2 Å². The van der Waals surface area contributed by atoms with Crippen molar-refractivity contribution in [3.8, 4) is 17.6 Å². The van der Waals surface area contributed by atoms with Crippen LogP contribution in [-0.4, -0.2) is 25.5 Å². The molecular weight excluding hydrogens is 430 g/mol. The SMILES string of the molecule is COc1ccc(NC(=O)/C(C#N)=C\c2ccc(OCC(=O)Nc3cc(C)ccc3C)cc2)cc1. The maximum absolute atomic E-state index is 12.4. The molecule has 0 heterocycles. The molecule has 3 aromatic rings. The van der Waals surface area contributed by atoms with Crippen LogP contribution in [0.15, 0.2) is 72.3 Å². The fourth-order valence-corrected chi connectivity index (χ4v) is 3.05. The molecule has 0 bridgehead atoms. The summed E-state index contributed by atoms with van der Waals surface area (Å²) in [5.74, 6) is 0.379. The lowest BCUT2D eigenvalue weighted by Gasteiger charge is -2.10. The summed E-state index contributed by atoms with van der Waals surface area (Å²) in [4.78, 5) is 24.7. The molecule has 0 saturated carbocycles.